The predicted octanol–water partition coefficient (Wildman–Crippen LogP) is 1.22. The number of H-pyrrole nitrogens is 1. The highest BCUT2D eigenvalue weighted by molar-refractivity contribution is 5.76. The minimum absolute atomic E-state index is 0.0173. The maximum Gasteiger partial charge on any atom is 0.220 e. The Bertz CT molecular complexity index is 533. The molecular weight excluding hydrogens is 256 g/mol. The molecule has 2 heterocycles. The number of nitrogens with zero attached hydrogens (tertiary/aromatic N) is 4. The second-order valence-electron chi connectivity index (χ2n) is 4.57. The monoisotopic (exact) mass is 276 g/mol. The van der Waals surface area contributed by atoms with E-state index in [1.165, 1.54) is 6.33 Å². The summed E-state index contributed by atoms with van der Waals surface area (Å²) in [6.45, 7) is 4.78. The third-order valence-corrected chi connectivity index (χ3v) is 3.20. The van der Waals surface area contributed by atoms with Crippen molar-refractivity contribution in [2.45, 2.75) is 45.7 Å². The molecule has 20 heavy (non-hydrogen) atoms. The Balaban J connectivity index is 1.91. The van der Waals surface area contributed by atoms with Crippen LogP contribution in [0.15, 0.2) is 18.7 Å². The normalized spacial score (nSPS) is 12.3. The molecule has 0 aromatic carbocycles. The highest BCUT2D eigenvalue weighted by Crippen LogP contribution is 2.14. The van der Waals surface area contributed by atoms with Crippen LogP contribution in [0.2, 0.25) is 0 Å². The van der Waals surface area contributed by atoms with Crippen LogP contribution in [0.4, 0.5) is 0 Å². The third-order valence-electron chi connectivity index (χ3n) is 3.20. The molecule has 0 aliphatic heterocycles. The zero-order valence-corrected chi connectivity index (χ0v) is 11.8. The van der Waals surface area contributed by atoms with E-state index >= 15 is 0 Å². The molecule has 2 aromatic heterocycles. The molecule has 1 unspecified atom stereocenters. The van der Waals surface area contributed by atoms with Gasteiger partial charge in [-0.05, 0) is 25.3 Å². The Morgan fingerprint density at radius 2 is 2.35 bits per heavy atom. The van der Waals surface area contributed by atoms with Crippen LogP contribution in [0.3, 0.4) is 0 Å². The number of amides is 1. The Kier molecular flexibility index (Phi) is 4.86. The number of carbonyl (C=O) groups excluding carboxylic acids is 1. The van der Waals surface area contributed by atoms with Crippen LogP contribution in [0.5, 0.6) is 0 Å². The second kappa shape index (κ2) is 6.83. The Hall–Kier alpha value is -2.18. The molecule has 1 atom stereocenters. The summed E-state index contributed by atoms with van der Waals surface area (Å²) >= 11 is 0. The van der Waals surface area contributed by atoms with Crippen LogP contribution in [0, 0.1) is 0 Å². The zero-order chi connectivity index (χ0) is 14.4. The molecule has 7 heteroatoms. The quantitative estimate of drug-likeness (QED) is 0.796. The van der Waals surface area contributed by atoms with Gasteiger partial charge in [0.15, 0.2) is 0 Å². The van der Waals surface area contributed by atoms with Crippen molar-refractivity contribution in [1.29, 1.82) is 0 Å². The van der Waals surface area contributed by atoms with Gasteiger partial charge in [0.1, 0.15) is 12.2 Å². The van der Waals surface area contributed by atoms with E-state index in [1.807, 2.05) is 18.5 Å². The molecule has 2 N–H and O–H groups in total. The number of rotatable bonds is 7. The summed E-state index contributed by atoms with van der Waals surface area (Å²) in [4.78, 5) is 16.2. The van der Waals surface area contributed by atoms with E-state index < -0.39 is 0 Å². The molecule has 0 bridgehead atoms. The predicted molar refractivity (Wildman–Crippen MR) is 73.8 cm³/mol. The van der Waals surface area contributed by atoms with E-state index in [9.17, 15) is 4.79 Å². The van der Waals surface area contributed by atoms with Crippen LogP contribution in [-0.4, -0.2) is 30.9 Å². The number of hydrogen-bond donors (Lipinski definition) is 2. The molecule has 0 saturated heterocycles. The summed E-state index contributed by atoms with van der Waals surface area (Å²) in [6, 6.07) is -0.0886. The smallest absolute Gasteiger partial charge is 0.220 e. The molecule has 7 nitrogen and oxygen atoms in total. The third kappa shape index (κ3) is 3.43. The van der Waals surface area contributed by atoms with Gasteiger partial charge in [-0.15, -0.1) is 0 Å². The Labute approximate surface area is 117 Å². The summed E-state index contributed by atoms with van der Waals surface area (Å²) in [7, 11) is 0. The number of hydrogen-bond acceptors (Lipinski definition) is 4. The molecule has 0 aliphatic carbocycles. The van der Waals surface area contributed by atoms with Crippen molar-refractivity contribution >= 4 is 5.91 Å². The fraction of sp³-hybridized carbons (Fsp3) is 0.538. The van der Waals surface area contributed by atoms with E-state index in [0.29, 0.717) is 12.8 Å². The summed E-state index contributed by atoms with van der Waals surface area (Å²) in [5, 5.41) is 13.8. The van der Waals surface area contributed by atoms with Crippen molar-refractivity contribution in [1.82, 2.24) is 30.3 Å². The molecule has 0 aliphatic rings. The standard InChI is InChI=1S/C13H20N6O/c1-3-11(13-14-9-17-19(13)4-2)18-12(20)6-5-10-7-15-16-8-10/h7-9,11H,3-6H2,1-2H3,(H,15,16)(H,18,20). The maximum absolute atomic E-state index is 12.0. The highest BCUT2D eigenvalue weighted by atomic mass is 16.1. The Morgan fingerprint density at radius 1 is 1.50 bits per heavy atom. The first-order valence-corrected chi connectivity index (χ1v) is 6.89. The van der Waals surface area contributed by atoms with Gasteiger partial charge in [0.2, 0.25) is 5.91 Å². The summed E-state index contributed by atoms with van der Waals surface area (Å²) in [5.41, 5.74) is 1.03. The molecule has 2 aromatic rings. The van der Waals surface area contributed by atoms with Gasteiger partial charge >= 0.3 is 0 Å². The molecule has 108 valence electrons. The highest BCUT2D eigenvalue weighted by Gasteiger charge is 2.17. The second-order valence-corrected chi connectivity index (χ2v) is 4.57. The first-order chi connectivity index (χ1) is 9.74. The average molecular weight is 276 g/mol. The molecule has 2 rings (SSSR count). The van der Waals surface area contributed by atoms with E-state index in [0.717, 1.165) is 24.4 Å². The van der Waals surface area contributed by atoms with Crippen molar-refractivity contribution in [2.75, 3.05) is 0 Å². The Morgan fingerprint density at radius 3 is 3.00 bits per heavy atom. The summed E-state index contributed by atoms with van der Waals surface area (Å²) < 4.78 is 1.81. The maximum atomic E-state index is 12.0. The fourth-order valence-corrected chi connectivity index (χ4v) is 2.07. The van der Waals surface area contributed by atoms with Crippen LogP contribution in [0.25, 0.3) is 0 Å². The number of carbonyl (C=O) groups is 1. The molecular formula is C13H20N6O. The van der Waals surface area contributed by atoms with E-state index in [2.05, 4.69) is 25.6 Å². The fourth-order valence-electron chi connectivity index (χ4n) is 2.07. The summed E-state index contributed by atoms with van der Waals surface area (Å²) in [6.07, 6.45) is 6.97. The van der Waals surface area contributed by atoms with Crippen molar-refractivity contribution in [3.8, 4) is 0 Å². The number of aromatic nitrogens is 5. The largest absolute Gasteiger partial charge is 0.346 e. The summed E-state index contributed by atoms with van der Waals surface area (Å²) in [5.74, 6) is 0.829. The van der Waals surface area contributed by atoms with E-state index in [-0.39, 0.29) is 11.9 Å². The molecule has 0 radical (unpaired) electrons. The van der Waals surface area contributed by atoms with Crippen molar-refractivity contribution in [3.63, 3.8) is 0 Å². The minimum Gasteiger partial charge on any atom is -0.346 e. The number of nitrogens with one attached hydrogen (secondary N) is 2. The molecule has 0 fully saturated rings. The molecule has 0 saturated carbocycles. The minimum atomic E-state index is -0.0886. The molecule has 0 spiro atoms. The van der Waals surface area contributed by atoms with Gasteiger partial charge in [-0.3, -0.25) is 9.89 Å². The van der Waals surface area contributed by atoms with Gasteiger partial charge in [-0.2, -0.15) is 10.2 Å². The average Bonchev–Trinajstić information content (AvgIpc) is 3.13. The van der Waals surface area contributed by atoms with Crippen LogP contribution >= 0.6 is 0 Å². The SMILES string of the molecule is CCC(NC(=O)CCc1cn[nH]c1)c1ncnn1CC. The lowest BCUT2D eigenvalue weighted by atomic mass is 10.1. The van der Waals surface area contributed by atoms with Crippen molar-refractivity contribution < 1.29 is 4.79 Å². The van der Waals surface area contributed by atoms with Gasteiger partial charge < -0.3 is 5.32 Å². The first kappa shape index (κ1) is 14.2. The lowest BCUT2D eigenvalue weighted by Gasteiger charge is -2.16. The first-order valence-electron chi connectivity index (χ1n) is 6.89. The van der Waals surface area contributed by atoms with Crippen molar-refractivity contribution in [3.05, 3.63) is 30.1 Å². The van der Waals surface area contributed by atoms with Gasteiger partial charge in [-0.1, -0.05) is 6.92 Å². The number of aryl methyl sites for hydroxylation is 2. The van der Waals surface area contributed by atoms with Gasteiger partial charge in [-0.25, -0.2) is 9.67 Å². The molecule has 1 amide bonds. The lowest BCUT2D eigenvalue weighted by Crippen LogP contribution is -2.30. The van der Waals surface area contributed by atoms with Crippen LogP contribution < -0.4 is 5.32 Å². The van der Waals surface area contributed by atoms with Crippen LogP contribution in [-0.2, 0) is 17.8 Å². The van der Waals surface area contributed by atoms with Crippen LogP contribution in [0.1, 0.15) is 44.1 Å². The topological polar surface area (TPSA) is 88.5 Å². The van der Waals surface area contributed by atoms with E-state index in [1.54, 1.807) is 12.4 Å². The zero-order valence-electron chi connectivity index (χ0n) is 11.8. The number of aromatic amines is 1. The van der Waals surface area contributed by atoms with Gasteiger partial charge in [0.05, 0.1) is 12.2 Å². The van der Waals surface area contributed by atoms with Gasteiger partial charge in [0, 0.05) is 19.2 Å². The van der Waals surface area contributed by atoms with Crippen molar-refractivity contribution in [2.24, 2.45) is 0 Å². The lowest BCUT2D eigenvalue weighted by molar-refractivity contribution is -0.121. The van der Waals surface area contributed by atoms with E-state index in [4.69, 9.17) is 0 Å². The van der Waals surface area contributed by atoms with Gasteiger partial charge in [0.25, 0.3) is 0 Å².